The van der Waals surface area contributed by atoms with E-state index in [0.717, 1.165) is 33.5 Å². The highest BCUT2D eigenvalue weighted by molar-refractivity contribution is 6.08. The third-order valence-corrected chi connectivity index (χ3v) is 7.05. The van der Waals surface area contributed by atoms with Crippen molar-refractivity contribution in [2.45, 2.75) is 24.9 Å². The van der Waals surface area contributed by atoms with Gasteiger partial charge in [0, 0.05) is 36.1 Å². The molecule has 0 bridgehead atoms. The van der Waals surface area contributed by atoms with E-state index in [1.807, 2.05) is 68.4 Å². The minimum atomic E-state index is -0.998. The van der Waals surface area contributed by atoms with Crippen LogP contribution in [0.3, 0.4) is 0 Å². The lowest BCUT2D eigenvalue weighted by Gasteiger charge is -2.42. The van der Waals surface area contributed by atoms with Gasteiger partial charge in [0.2, 0.25) is 0 Å². The first kappa shape index (κ1) is 22.3. The molecule has 2 atom stereocenters. The molecule has 0 aliphatic carbocycles. The van der Waals surface area contributed by atoms with Crippen LogP contribution in [0.4, 0.5) is 4.79 Å². The molecule has 3 aromatic rings. The molecule has 8 heteroatoms. The van der Waals surface area contributed by atoms with Crippen molar-refractivity contribution in [3.8, 4) is 11.5 Å². The number of aromatic nitrogens is 1. The Bertz CT molecular complexity index is 1280. The number of hydrogen-bond acceptors (Lipinski definition) is 5. The SMILES string of the molecule is COc1cccc(C2c3[nH]c4ccc(OC)cc4c3C[C@@]3(C)C(=O)N(CCN(C)C)C(=O)N23)c1. The third-order valence-electron chi connectivity index (χ3n) is 7.05. The maximum atomic E-state index is 13.8. The molecule has 0 saturated carbocycles. The number of aromatic amines is 1. The number of likely N-dealkylation sites (N-methyl/N-ethyl adjacent to an activating group) is 1. The zero-order valence-electron chi connectivity index (χ0n) is 20.2. The standard InChI is InChI=1S/C26H30N4O4/c1-26-15-20-19-14-18(34-5)9-10-21(19)27-22(20)23(16-7-6-8-17(13-16)33-4)30(26)25(32)29(24(26)31)12-11-28(2)3/h6-10,13-14,23,27H,11-12,15H2,1-5H3/t23?,26-/m0/s1. The van der Waals surface area contributed by atoms with E-state index in [9.17, 15) is 9.59 Å². The number of nitrogens with one attached hydrogen (secondary N) is 1. The van der Waals surface area contributed by atoms with Crippen molar-refractivity contribution in [2.75, 3.05) is 41.4 Å². The van der Waals surface area contributed by atoms with Crippen molar-refractivity contribution >= 4 is 22.8 Å². The number of imide groups is 1. The molecule has 0 spiro atoms. The lowest BCUT2D eigenvalue weighted by Crippen LogP contribution is -2.53. The number of ether oxygens (including phenoxy) is 2. The molecule has 1 unspecified atom stereocenters. The van der Waals surface area contributed by atoms with Gasteiger partial charge in [-0.05, 0) is 62.5 Å². The fraction of sp³-hybridized carbons (Fsp3) is 0.385. The number of nitrogens with zero attached hydrogens (tertiary/aromatic N) is 3. The second kappa shape index (κ2) is 8.06. The van der Waals surface area contributed by atoms with Gasteiger partial charge < -0.3 is 19.4 Å². The van der Waals surface area contributed by atoms with E-state index in [4.69, 9.17) is 9.47 Å². The molecule has 1 fully saturated rings. The van der Waals surface area contributed by atoms with Crippen LogP contribution in [0.1, 0.15) is 29.8 Å². The Morgan fingerprint density at radius 3 is 2.53 bits per heavy atom. The number of amides is 3. The average Bonchev–Trinajstić information content (AvgIpc) is 3.27. The van der Waals surface area contributed by atoms with Crippen LogP contribution in [-0.2, 0) is 11.2 Å². The number of fused-ring (bicyclic) bond motifs is 4. The summed E-state index contributed by atoms with van der Waals surface area (Å²) in [6, 6.07) is 12.9. The van der Waals surface area contributed by atoms with Crippen molar-refractivity contribution in [3.05, 3.63) is 59.3 Å². The number of carbonyl (C=O) groups is 2. The van der Waals surface area contributed by atoms with E-state index in [2.05, 4.69) is 4.98 Å². The van der Waals surface area contributed by atoms with Crippen LogP contribution in [0.15, 0.2) is 42.5 Å². The highest BCUT2D eigenvalue weighted by atomic mass is 16.5. The Balaban J connectivity index is 1.71. The summed E-state index contributed by atoms with van der Waals surface area (Å²) in [6.45, 7) is 2.85. The number of urea groups is 1. The molecule has 2 aliphatic heterocycles. The van der Waals surface area contributed by atoms with Crippen LogP contribution in [0.5, 0.6) is 11.5 Å². The molecule has 3 heterocycles. The van der Waals surface area contributed by atoms with Crippen molar-refractivity contribution in [1.29, 1.82) is 0 Å². The molecule has 5 rings (SSSR count). The molecular formula is C26H30N4O4. The van der Waals surface area contributed by atoms with Crippen LogP contribution in [0, 0.1) is 0 Å². The fourth-order valence-corrected chi connectivity index (χ4v) is 5.27. The normalized spacial score (nSPS) is 21.9. The largest absolute Gasteiger partial charge is 0.497 e. The number of H-pyrrole nitrogens is 1. The molecule has 0 radical (unpaired) electrons. The summed E-state index contributed by atoms with van der Waals surface area (Å²) >= 11 is 0. The molecule has 2 aliphatic rings. The monoisotopic (exact) mass is 462 g/mol. The van der Waals surface area contributed by atoms with E-state index in [1.54, 1.807) is 19.1 Å². The predicted octanol–water partition coefficient (Wildman–Crippen LogP) is 3.42. The Morgan fingerprint density at radius 2 is 1.82 bits per heavy atom. The highest BCUT2D eigenvalue weighted by Crippen LogP contribution is 2.49. The second-order valence-electron chi connectivity index (χ2n) is 9.47. The van der Waals surface area contributed by atoms with Gasteiger partial charge in [0.1, 0.15) is 23.1 Å². The van der Waals surface area contributed by atoms with E-state index in [0.29, 0.717) is 25.3 Å². The van der Waals surface area contributed by atoms with Gasteiger partial charge in [-0.15, -0.1) is 0 Å². The van der Waals surface area contributed by atoms with Crippen LogP contribution in [-0.4, -0.2) is 78.6 Å². The third kappa shape index (κ3) is 3.24. The van der Waals surface area contributed by atoms with Gasteiger partial charge in [-0.2, -0.15) is 0 Å². The topological polar surface area (TPSA) is 78.1 Å². The van der Waals surface area contributed by atoms with Gasteiger partial charge >= 0.3 is 6.03 Å². The summed E-state index contributed by atoms with van der Waals surface area (Å²) < 4.78 is 11.0. The van der Waals surface area contributed by atoms with Crippen LogP contribution >= 0.6 is 0 Å². The summed E-state index contributed by atoms with van der Waals surface area (Å²) in [7, 11) is 7.13. The van der Waals surface area contributed by atoms with Gasteiger partial charge in [0.25, 0.3) is 5.91 Å². The number of methoxy groups -OCH3 is 2. The number of hydrogen-bond donors (Lipinski definition) is 1. The molecule has 34 heavy (non-hydrogen) atoms. The van der Waals surface area contributed by atoms with E-state index >= 15 is 0 Å². The first-order valence-electron chi connectivity index (χ1n) is 11.4. The highest BCUT2D eigenvalue weighted by Gasteiger charge is 2.60. The number of carbonyl (C=O) groups excluding carboxylic acids is 2. The smallest absolute Gasteiger partial charge is 0.328 e. The number of benzene rings is 2. The van der Waals surface area contributed by atoms with Crippen molar-refractivity contribution in [1.82, 2.24) is 19.7 Å². The van der Waals surface area contributed by atoms with Crippen LogP contribution in [0.2, 0.25) is 0 Å². The van der Waals surface area contributed by atoms with Gasteiger partial charge in [-0.25, -0.2) is 4.79 Å². The maximum absolute atomic E-state index is 13.8. The lowest BCUT2D eigenvalue weighted by molar-refractivity contribution is -0.133. The Labute approximate surface area is 199 Å². The van der Waals surface area contributed by atoms with Crippen molar-refractivity contribution in [3.63, 3.8) is 0 Å². The van der Waals surface area contributed by atoms with Crippen LogP contribution in [0.25, 0.3) is 10.9 Å². The minimum Gasteiger partial charge on any atom is -0.497 e. The Morgan fingerprint density at radius 1 is 1.09 bits per heavy atom. The van der Waals surface area contributed by atoms with Gasteiger partial charge in [0.15, 0.2) is 0 Å². The molecule has 3 amide bonds. The van der Waals surface area contributed by atoms with Crippen LogP contribution < -0.4 is 9.47 Å². The Kier molecular flexibility index (Phi) is 5.28. The minimum absolute atomic E-state index is 0.157. The zero-order chi connectivity index (χ0) is 24.2. The molecule has 1 N–H and O–H groups in total. The van der Waals surface area contributed by atoms with Crippen molar-refractivity contribution in [2.24, 2.45) is 0 Å². The summed E-state index contributed by atoms with van der Waals surface area (Å²) in [5.74, 6) is 1.29. The summed E-state index contributed by atoms with van der Waals surface area (Å²) in [4.78, 5) is 36.2. The van der Waals surface area contributed by atoms with Gasteiger partial charge in [-0.3, -0.25) is 14.6 Å². The molecule has 178 valence electrons. The summed E-state index contributed by atoms with van der Waals surface area (Å²) in [6.07, 6.45) is 0.430. The maximum Gasteiger partial charge on any atom is 0.328 e. The molecular weight excluding hydrogens is 432 g/mol. The molecule has 2 aromatic carbocycles. The zero-order valence-corrected chi connectivity index (χ0v) is 20.2. The van der Waals surface area contributed by atoms with E-state index < -0.39 is 11.6 Å². The second-order valence-corrected chi connectivity index (χ2v) is 9.47. The summed E-state index contributed by atoms with van der Waals surface area (Å²) in [5.41, 5.74) is 2.80. The van der Waals surface area contributed by atoms with Gasteiger partial charge in [0.05, 0.1) is 14.2 Å². The first-order valence-corrected chi connectivity index (χ1v) is 11.4. The lowest BCUT2D eigenvalue weighted by atomic mass is 9.81. The van der Waals surface area contributed by atoms with Crippen molar-refractivity contribution < 1.29 is 19.1 Å². The molecule has 1 saturated heterocycles. The first-order chi connectivity index (χ1) is 16.3. The molecule has 8 nitrogen and oxygen atoms in total. The predicted molar refractivity (Wildman–Crippen MR) is 129 cm³/mol. The quantitative estimate of drug-likeness (QED) is 0.568. The van der Waals surface area contributed by atoms with E-state index in [1.165, 1.54) is 4.90 Å². The summed E-state index contributed by atoms with van der Waals surface area (Å²) in [5, 5.41) is 1.01. The Hall–Kier alpha value is -3.52. The average molecular weight is 463 g/mol. The fourth-order valence-electron chi connectivity index (χ4n) is 5.27. The molecule has 1 aromatic heterocycles. The van der Waals surface area contributed by atoms with E-state index in [-0.39, 0.29) is 11.9 Å². The van der Waals surface area contributed by atoms with Gasteiger partial charge in [-0.1, -0.05) is 12.1 Å². The number of rotatable bonds is 6.